The van der Waals surface area contributed by atoms with Gasteiger partial charge in [0.25, 0.3) is 0 Å². The van der Waals surface area contributed by atoms with Gasteiger partial charge in [0, 0.05) is 30.9 Å². The first-order valence-electron chi connectivity index (χ1n) is 5.58. The monoisotopic (exact) mass is 193 g/mol. The Morgan fingerprint density at radius 3 is 2.79 bits per heavy atom. The zero-order valence-corrected chi connectivity index (χ0v) is 8.82. The summed E-state index contributed by atoms with van der Waals surface area (Å²) in [6, 6.07) is 1.08. The van der Waals surface area contributed by atoms with Crippen molar-refractivity contribution in [3.63, 3.8) is 0 Å². The SMILES string of the molecule is CCc1nccn1C1CCC(N)CC1. The van der Waals surface area contributed by atoms with Crippen LogP contribution in [-0.4, -0.2) is 15.6 Å². The first-order valence-corrected chi connectivity index (χ1v) is 5.58. The molecule has 1 aliphatic carbocycles. The lowest BCUT2D eigenvalue weighted by molar-refractivity contribution is 0.318. The van der Waals surface area contributed by atoms with Crippen LogP contribution in [0.5, 0.6) is 0 Å². The molecule has 3 heteroatoms. The molecule has 0 bridgehead atoms. The van der Waals surface area contributed by atoms with Crippen LogP contribution in [0, 0.1) is 0 Å². The maximum absolute atomic E-state index is 5.90. The van der Waals surface area contributed by atoms with Crippen LogP contribution < -0.4 is 5.73 Å². The van der Waals surface area contributed by atoms with Gasteiger partial charge >= 0.3 is 0 Å². The van der Waals surface area contributed by atoms with E-state index in [9.17, 15) is 0 Å². The molecular formula is C11H19N3. The van der Waals surface area contributed by atoms with Gasteiger partial charge in [-0.3, -0.25) is 0 Å². The van der Waals surface area contributed by atoms with Crippen molar-refractivity contribution in [2.24, 2.45) is 5.73 Å². The number of hydrogen-bond acceptors (Lipinski definition) is 2. The van der Waals surface area contributed by atoms with E-state index in [4.69, 9.17) is 5.73 Å². The molecule has 1 heterocycles. The van der Waals surface area contributed by atoms with Gasteiger partial charge in [0.05, 0.1) is 0 Å². The summed E-state index contributed by atoms with van der Waals surface area (Å²) in [5, 5.41) is 0. The standard InChI is InChI=1S/C11H19N3/c1-2-11-13-7-8-14(11)10-5-3-9(12)4-6-10/h7-10H,2-6,12H2,1H3. The second-order valence-electron chi connectivity index (χ2n) is 4.17. The number of nitrogens with two attached hydrogens (primary N) is 1. The number of imidazole rings is 1. The summed E-state index contributed by atoms with van der Waals surface area (Å²) in [6.45, 7) is 2.16. The lowest BCUT2D eigenvalue weighted by atomic mass is 9.91. The summed E-state index contributed by atoms with van der Waals surface area (Å²) in [5.41, 5.74) is 5.90. The fourth-order valence-corrected chi connectivity index (χ4v) is 2.33. The largest absolute Gasteiger partial charge is 0.332 e. The highest BCUT2D eigenvalue weighted by Gasteiger charge is 2.20. The normalized spacial score (nSPS) is 27.9. The Balaban J connectivity index is 2.08. The second-order valence-corrected chi connectivity index (χ2v) is 4.17. The molecule has 3 nitrogen and oxygen atoms in total. The third kappa shape index (κ3) is 1.82. The molecule has 1 aromatic heterocycles. The van der Waals surface area contributed by atoms with Gasteiger partial charge in [-0.25, -0.2) is 4.98 Å². The van der Waals surface area contributed by atoms with Gasteiger partial charge in [0.15, 0.2) is 0 Å². The van der Waals surface area contributed by atoms with Crippen molar-refractivity contribution in [2.45, 2.75) is 51.1 Å². The van der Waals surface area contributed by atoms with Crippen LogP contribution in [0.4, 0.5) is 0 Å². The molecule has 2 rings (SSSR count). The van der Waals surface area contributed by atoms with Crippen molar-refractivity contribution in [1.82, 2.24) is 9.55 Å². The van der Waals surface area contributed by atoms with E-state index >= 15 is 0 Å². The molecule has 0 radical (unpaired) electrons. The first-order chi connectivity index (χ1) is 6.81. The first kappa shape index (κ1) is 9.71. The zero-order chi connectivity index (χ0) is 9.97. The van der Waals surface area contributed by atoms with E-state index in [1.54, 1.807) is 0 Å². The predicted molar refractivity (Wildman–Crippen MR) is 57.1 cm³/mol. The maximum atomic E-state index is 5.90. The molecule has 14 heavy (non-hydrogen) atoms. The topological polar surface area (TPSA) is 43.8 Å². The van der Waals surface area contributed by atoms with Gasteiger partial charge in [0.1, 0.15) is 5.82 Å². The van der Waals surface area contributed by atoms with E-state index in [0.29, 0.717) is 12.1 Å². The van der Waals surface area contributed by atoms with E-state index in [1.807, 2.05) is 6.20 Å². The highest BCUT2D eigenvalue weighted by Crippen LogP contribution is 2.28. The van der Waals surface area contributed by atoms with Gasteiger partial charge in [-0.2, -0.15) is 0 Å². The minimum atomic E-state index is 0.430. The minimum absolute atomic E-state index is 0.430. The Kier molecular flexibility index (Phi) is 2.87. The summed E-state index contributed by atoms with van der Waals surface area (Å²) in [7, 11) is 0. The molecule has 2 N–H and O–H groups in total. The molecule has 1 saturated carbocycles. The van der Waals surface area contributed by atoms with Crippen molar-refractivity contribution >= 4 is 0 Å². The Morgan fingerprint density at radius 2 is 2.14 bits per heavy atom. The lowest BCUT2D eigenvalue weighted by Crippen LogP contribution is -2.28. The third-order valence-corrected chi connectivity index (χ3v) is 3.20. The Labute approximate surface area is 85.3 Å². The molecule has 1 aliphatic rings. The fraction of sp³-hybridized carbons (Fsp3) is 0.727. The van der Waals surface area contributed by atoms with E-state index < -0.39 is 0 Å². The van der Waals surface area contributed by atoms with Gasteiger partial charge in [0.2, 0.25) is 0 Å². The molecule has 0 saturated heterocycles. The second kappa shape index (κ2) is 4.13. The minimum Gasteiger partial charge on any atom is -0.332 e. The summed E-state index contributed by atoms with van der Waals surface area (Å²) < 4.78 is 2.34. The molecule has 0 spiro atoms. The van der Waals surface area contributed by atoms with Crippen molar-refractivity contribution in [3.05, 3.63) is 18.2 Å². The van der Waals surface area contributed by atoms with Crippen molar-refractivity contribution in [2.75, 3.05) is 0 Å². The van der Waals surface area contributed by atoms with Crippen molar-refractivity contribution in [3.8, 4) is 0 Å². The van der Waals surface area contributed by atoms with Crippen LogP contribution >= 0.6 is 0 Å². The van der Waals surface area contributed by atoms with Gasteiger partial charge in [-0.15, -0.1) is 0 Å². The van der Waals surface area contributed by atoms with Crippen LogP contribution in [0.3, 0.4) is 0 Å². The average molecular weight is 193 g/mol. The van der Waals surface area contributed by atoms with Gasteiger partial charge in [-0.05, 0) is 25.7 Å². The number of nitrogens with zero attached hydrogens (tertiary/aromatic N) is 2. The predicted octanol–water partition coefficient (Wildman–Crippen LogP) is 1.89. The van der Waals surface area contributed by atoms with Crippen molar-refractivity contribution in [1.29, 1.82) is 0 Å². The smallest absolute Gasteiger partial charge is 0.108 e. The molecule has 0 unspecified atom stereocenters. The summed E-state index contributed by atoms with van der Waals surface area (Å²) in [5.74, 6) is 1.21. The number of aromatic nitrogens is 2. The Morgan fingerprint density at radius 1 is 1.43 bits per heavy atom. The van der Waals surface area contributed by atoms with Gasteiger partial charge in [-0.1, -0.05) is 6.92 Å². The number of rotatable bonds is 2. The Hall–Kier alpha value is -0.830. The van der Waals surface area contributed by atoms with Gasteiger partial charge < -0.3 is 10.3 Å². The van der Waals surface area contributed by atoms with Crippen LogP contribution in [0.1, 0.15) is 44.5 Å². The zero-order valence-electron chi connectivity index (χ0n) is 8.82. The van der Waals surface area contributed by atoms with E-state index in [2.05, 4.69) is 22.7 Å². The molecule has 0 aliphatic heterocycles. The molecule has 1 fully saturated rings. The van der Waals surface area contributed by atoms with Crippen molar-refractivity contribution < 1.29 is 0 Å². The molecule has 1 aromatic rings. The highest BCUT2D eigenvalue weighted by atomic mass is 15.1. The molecule has 78 valence electrons. The molecule has 0 aromatic carbocycles. The highest BCUT2D eigenvalue weighted by molar-refractivity contribution is 4.96. The van der Waals surface area contributed by atoms with E-state index in [-0.39, 0.29) is 0 Å². The summed E-state index contributed by atoms with van der Waals surface area (Å²) in [4.78, 5) is 4.36. The molecule has 0 atom stereocenters. The Bertz CT molecular complexity index is 284. The van der Waals surface area contributed by atoms with Crippen LogP contribution in [-0.2, 0) is 6.42 Å². The number of aryl methyl sites for hydroxylation is 1. The number of hydrogen-bond donors (Lipinski definition) is 1. The average Bonchev–Trinajstić information content (AvgIpc) is 2.67. The quantitative estimate of drug-likeness (QED) is 0.779. The van der Waals surface area contributed by atoms with Crippen LogP contribution in [0.15, 0.2) is 12.4 Å². The summed E-state index contributed by atoms with van der Waals surface area (Å²) >= 11 is 0. The van der Waals surface area contributed by atoms with E-state index in [0.717, 1.165) is 19.3 Å². The lowest BCUT2D eigenvalue weighted by Gasteiger charge is -2.28. The third-order valence-electron chi connectivity index (χ3n) is 3.20. The fourth-order valence-electron chi connectivity index (χ4n) is 2.33. The van der Waals surface area contributed by atoms with E-state index in [1.165, 1.54) is 18.7 Å². The molecule has 0 amide bonds. The molecular weight excluding hydrogens is 174 g/mol. The van der Waals surface area contributed by atoms with Crippen LogP contribution in [0.25, 0.3) is 0 Å². The maximum Gasteiger partial charge on any atom is 0.108 e. The van der Waals surface area contributed by atoms with Crippen LogP contribution in [0.2, 0.25) is 0 Å². The summed E-state index contributed by atoms with van der Waals surface area (Å²) in [6.07, 6.45) is 9.79.